The first kappa shape index (κ1) is 15.8. The third-order valence-corrected chi connectivity index (χ3v) is 3.88. The van der Waals surface area contributed by atoms with Gasteiger partial charge in [-0.15, -0.1) is 0 Å². The second-order valence-electron chi connectivity index (χ2n) is 5.20. The number of carbonyl (C=O) groups is 1. The molecule has 0 aliphatic carbocycles. The molecule has 1 fully saturated rings. The van der Waals surface area contributed by atoms with Crippen molar-refractivity contribution in [3.05, 3.63) is 30.1 Å². The van der Waals surface area contributed by atoms with Crippen LogP contribution in [0.4, 0.5) is 4.39 Å². The van der Waals surface area contributed by atoms with Gasteiger partial charge in [0.1, 0.15) is 0 Å². The minimum Gasteiger partial charge on any atom is -0.478 e. The predicted molar refractivity (Wildman–Crippen MR) is 79.8 cm³/mol. The second-order valence-corrected chi connectivity index (χ2v) is 5.20. The Bertz CT molecular complexity index is 473. The first-order chi connectivity index (χ1) is 10.2. The number of halogens is 1. The molecule has 1 saturated heterocycles. The summed E-state index contributed by atoms with van der Waals surface area (Å²) < 4.78 is 19.2. The lowest BCUT2D eigenvalue weighted by Gasteiger charge is -2.35. The van der Waals surface area contributed by atoms with Crippen LogP contribution in [0.15, 0.2) is 24.3 Å². The number of carbonyl (C=O) groups excluding carboxylic acids is 1. The van der Waals surface area contributed by atoms with Crippen LogP contribution in [0.3, 0.4) is 0 Å². The summed E-state index contributed by atoms with van der Waals surface area (Å²) in [6, 6.07) is 6.21. The lowest BCUT2D eigenvalue weighted by molar-refractivity contribution is -0.140. The zero-order chi connectivity index (χ0) is 15.2. The molecular formula is C16H23FN2O2. The summed E-state index contributed by atoms with van der Waals surface area (Å²) >= 11 is 0. The summed E-state index contributed by atoms with van der Waals surface area (Å²) in [4.78, 5) is 16.6. The molecule has 5 heteroatoms. The molecule has 1 atom stereocenters. The molecule has 1 aromatic carbocycles. The van der Waals surface area contributed by atoms with Gasteiger partial charge in [0.15, 0.2) is 17.7 Å². The molecule has 21 heavy (non-hydrogen) atoms. The first-order valence-electron chi connectivity index (χ1n) is 7.58. The number of ether oxygens (including phenoxy) is 1. The van der Waals surface area contributed by atoms with Gasteiger partial charge >= 0.3 is 0 Å². The van der Waals surface area contributed by atoms with Gasteiger partial charge in [-0.3, -0.25) is 4.79 Å². The Kier molecular flexibility index (Phi) is 5.56. The van der Waals surface area contributed by atoms with E-state index in [-0.39, 0.29) is 11.7 Å². The highest BCUT2D eigenvalue weighted by Crippen LogP contribution is 2.19. The molecule has 0 radical (unpaired) electrons. The van der Waals surface area contributed by atoms with E-state index in [0.29, 0.717) is 19.5 Å². The lowest BCUT2D eigenvalue weighted by Crippen LogP contribution is -2.52. The molecule has 1 aromatic rings. The van der Waals surface area contributed by atoms with Crippen molar-refractivity contribution in [1.82, 2.24) is 9.80 Å². The average molecular weight is 294 g/mol. The third kappa shape index (κ3) is 3.94. The molecule has 0 aromatic heterocycles. The topological polar surface area (TPSA) is 32.8 Å². The fourth-order valence-corrected chi connectivity index (χ4v) is 2.49. The van der Waals surface area contributed by atoms with Gasteiger partial charge < -0.3 is 14.5 Å². The van der Waals surface area contributed by atoms with Crippen LogP contribution >= 0.6 is 0 Å². The largest absolute Gasteiger partial charge is 0.478 e. The number of hydrogen-bond acceptors (Lipinski definition) is 3. The zero-order valence-corrected chi connectivity index (χ0v) is 12.7. The molecule has 116 valence electrons. The monoisotopic (exact) mass is 294 g/mol. The highest BCUT2D eigenvalue weighted by atomic mass is 19.1. The average Bonchev–Trinajstić information content (AvgIpc) is 2.53. The summed E-state index contributed by atoms with van der Waals surface area (Å²) in [5.74, 6) is -0.332. The number of nitrogens with zero attached hydrogens (tertiary/aromatic N) is 2. The summed E-state index contributed by atoms with van der Waals surface area (Å²) in [7, 11) is 0. The van der Waals surface area contributed by atoms with Gasteiger partial charge in [-0.05, 0) is 25.1 Å². The number of amides is 1. The summed E-state index contributed by atoms with van der Waals surface area (Å²) in [5, 5.41) is 0. The molecule has 4 nitrogen and oxygen atoms in total. The number of benzene rings is 1. The second kappa shape index (κ2) is 7.41. The Labute approximate surface area is 125 Å². The van der Waals surface area contributed by atoms with Gasteiger partial charge in [0.2, 0.25) is 0 Å². The zero-order valence-electron chi connectivity index (χ0n) is 12.7. The molecule has 0 spiro atoms. The van der Waals surface area contributed by atoms with Gasteiger partial charge in [0, 0.05) is 26.2 Å². The van der Waals surface area contributed by atoms with E-state index in [1.807, 2.05) is 11.8 Å². The Morgan fingerprint density at radius 3 is 2.48 bits per heavy atom. The number of hydrogen-bond donors (Lipinski definition) is 0. The summed E-state index contributed by atoms with van der Waals surface area (Å²) in [6.07, 6.45) is -0.0867. The maximum atomic E-state index is 13.6. The molecule has 0 bridgehead atoms. The Morgan fingerprint density at radius 2 is 1.90 bits per heavy atom. The SMILES string of the molecule is CC[C@H](Oc1ccccc1F)C(=O)N1CCN(CC)CC1. The van der Waals surface area contributed by atoms with E-state index in [4.69, 9.17) is 4.74 Å². The third-order valence-electron chi connectivity index (χ3n) is 3.88. The van der Waals surface area contributed by atoms with E-state index in [9.17, 15) is 9.18 Å². The normalized spacial score (nSPS) is 17.6. The first-order valence-corrected chi connectivity index (χ1v) is 7.58. The maximum absolute atomic E-state index is 13.6. The molecule has 1 aliphatic heterocycles. The van der Waals surface area contributed by atoms with E-state index in [1.165, 1.54) is 6.07 Å². The standard InChI is InChI=1S/C16H23FN2O2/c1-3-14(21-15-8-6-5-7-13(15)17)16(20)19-11-9-18(4-2)10-12-19/h5-8,14H,3-4,9-12H2,1-2H3/t14-/m0/s1. The van der Waals surface area contributed by atoms with Crippen LogP contribution in [0.5, 0.6) is 5.75 Å². The molecule has 0 N–H and O–H groups in total. The molecule has 0 unspecified atom stereocenters. The van der Waals surface area contributed by atoms with Crippen molar-refractivity contribution >= 4 is 5.91 Å². The van der Waals surface area contributed by atoms with Crippen molar-refractivity contribution in [3.63, 3.8) is 0 Å². The minimum absolute atomic E-state index is 0.0449. The number of piperazine rings is 1. The van der Waals surface area contributed by atoms with E-state index >= 15 is 0 Å². The van der Waals surface area contributed by atoms with E-state index in [1.54, 1.807) is 18.2 Å². The van der Waals surface area contributed by atoms with Crippen LogP contribution in [-0.2, 0) is 4.79 Å². The van der Waals surface area contributed by atoms with Crippen molar-refractivity contribution in [3.8, 4) is 5.75 Å². The Balaban J connectivity index is 1.98. The molecular weight excluding hydrogens is 271 g/mol. The van der Waals surface area contributed by atoms with Gasteiger partial charge in [-0.1, -0.05) is 26.0 Å². The Hall–Kier alpha value is -1.62. The molecule has 2 rings (SSSR count). The fourth-order valence-electron chi connectivity index (χ4n) is 2.49. The fraction of sp³-hybridized carbons (Fsp3) is 0.562. The van der Waals surface area contributed by atoms with Crippen molar-refractivity contribution in [2.24, 2.45) is 0 Å². The highest BCUT2D eigenvalue weighted by molar-refractivity contribution is 5.81. The molecule has 1 amide bonds. The quantitative estimate of drug-likeness (QED) is 0.834. The van der Waals surface area contributed by atoms with Gasteiger partial charge in [-0.25, -0.2) is 4.39 Å². The van der Waals surface area contributed by atoms with Crippen LogP contribution in [0, 0.1) is 5.82 Å². The van der Waals surface area contributed by atoms with Crippen LogP contribution < -0.4 is 4.74 Å². The Morgan fingerprint density at radius 1 is 1.24 bits per heavy atom. The summed E-state index contributed by atoms with van der Waals surface area (Å²) in [6.45, 7) is 8.20. The van der Waals surface area contributed by atoms with Crippen molar-refractivity contribution in [2.75, 3.05) is 32.7 Å². The van der Waals surface area contributed by atoms with Crippen molar-refractivity contribution < 1.29 is 13.9 Å². The van der Waals surface area contributed by atoms with E-state index in [0.717, 1.165) is 19.6 Å². The highest BCUT2D eigenvalue weighted by Gasteiger charge is 2.27. The van der Waals surface area contributed by atoms with Crippen LogP contribution in [0.2, 0.25) is 0 Å². The van der Waals surface area contributed by atoms with Crippen molar-refractivity contribution in [1.29, 1.82) is 0 Å². The minimum atomic E-state index is -0.616. The number of para-hydroxylation sites is 1. The maximum Gasteiger partial charge on any atom is 0.263 e. The predicted octanol–water partition coefficient (Wildman–Crippen LogP) is 2.15. The van der Waals surface area contributed by atoms with Crippen LogP contribution in [-0.4, -0.2) is 54.5 Å². The molecule has 1 heterocycles. The van der Waals surface area contributed by atoms with Crippen LogP contribution in [0.1, 0.15) is 20.3 Å². The molecule has 0 saturated carbocycles. The molecule has 1 aliphatic rings. The number of likely N-dealkylation sites (N-methyl/N-ethyl adjacent to an activating group) is 1. The van der Waals surface area contributed by atoms with Gasteiger partial charge in [0.05, 0.1) is 0 Å². The van der Waals surface area contributed by atoms with Crippen LogP contribution in [0.25, 0.3) is 0 Å². The summed E-state index contributed by atoms with van der Waals surface area (Å²) in [5.41, 5.74) is 0. The van der Waals surface area contributed by atoms with Crippen molar-refractivity contribution in [2.45, 2.75) is 26.4 Å². The number of rotatable bonds is 5. The van der Waals surface area contributed by atoms with E-state index in [2.05, 4.69) is 11.8 Å². The lowest BCUT2D eigenvalue weighted by atomic mass is 10.2. The van der Waals surface area contributed by atoms with Gasteiger partial charge in [0.25, 0.3) is 5.91 Å². The van der Waals surface area contributed by atoms with Gasteiger partial charge in [-0.2, -0.15) is 0 Å². The smallest absolute Gasteiger partial charge is 0.263 e. The van der Waals surface area contributed by atoms with E-state index < -0.39 is 11.9 Å².